The summed E-state index contributed by atoms with van der Waals surface area (Å²) in [5, 5.41) is 5.40. The summed E-state index contributed by atoms with van der Waals surface area (Å²) in [6.07, 6.45) is 2.47. The Labute approximate surface area is 125 Å². The molecule has 20 heavy (non-hydrogen) atoms. The van der Waals surface area contributed by atoms with E-state index in [2.05, 4.69) is 35.6 Å². The Bertz CT molecular complexity index is 623. The number of rotatable bonds is 4. The quantitative estimate of drug-likeness (QED) is 0.908. The summed E-state index contributed by atoms with van der Waals surface area (Å²) >= 11 is 0. The van der Waals surface area contributed by atoms with Crippen molar-refractivity contribution >= 4 is 29.1 Å². The molecule has 0 atom stereocenters. The Morgan fingerprint density at radius 1 is 1.15 bits per heavy atom. The van der Waals surface area contributed by atoms with Crippen LogP contribution in [0.4, 0.5) is 0 Å². The molecule has 3 nitrogen and oxygen atoms in total. The maximum absolute atomic E-state index is 11.7. The molecule has 3 rings (SSSR count). The van der Waals surface area contributed by atoms with Gasteiger partial charge in [0.2, 0.25) is 5.91 Å². The minimum atomic E-state index is -0.566. The first kappa shape index (κ1) is 14.8. The molecule has 4 heteroatoms. The van der Waals surface area contributed by atoms with Crippen LogP contribution >= 0.6 is 12.4 Å². The zero-order valence-corrected chi connectivity index (χ0v) is 12.1. The van der Waals surface area contributed by atoms with Gasteiger partial charge in [-0.05, 0) is 35.6 Å². The third-order valence-corrected chi connectivity index (χ3v) is 3.75. The van der Waals surface area contributed by atoms with Gasteiger partial charge >= 0.3 is 0 Å². The molecule has 0 aliphatic heterocycles. The van der Waals surface area contributed by atoms with Crippen LogP contribution in [0.25, 0.3) is 10.8 Å². The van der Waals surface area contributed by atoms with E-state index >= 15 is 0 Å². The molecule has 0 unspecified atom stereocenters. The molecule has 2 aromatic rings. The highest BCUT2D eigenvalue weighted by Crippen LogP contribution is 2.31. The third-order valence-electron chi connectivity index (χ3n) is 3.75. The van der Waals surface area contributed by atoms with Crippen molar-refractivity contribution in [2.24, 2.45) is 5.73 Å². The van der Waals surface area contributed by atoms with E-state index in [1.807, 2.05) is 12.1 Å². The fraction of sp³-hybridized carbons (Fsp3) is 0.312. The molecular formula is C16H19ClN2O. The molecule has 1 aliphatic carbocycles. The predicted octanol–water partition coefficient (Wildman–Crippen LogP) is 2.41. The van der Waals surface area contributed by atoms with E-state index in [9.17, 15) is 4.79 Å². The highest BCUT2D eigenvalue weighted by molar-refractivity contribution is 5.89. The van der Waals surface area contributed by atoms with Crippen LogP contribution in [0.1, 0.15) is 18.4 Å². The van der Waals surface area contributed by atoms with Gasteiger partial charge in [0.05, 0.1) is 5.54 Å². The molecule has 0 radical (unpaired) electrons. The summed E-state index contributed by atoms with van der Waals surface area (Å²) in [5.41, 5.74) is 6.50. The zero-order valence-electron chi connectivity index (χ0n) is 11.3. The van der Waals surface area contributed by atoms with Gasteiger partial charge in [-0.25, -0.2) is 0 Å². The van der Waals surface area contributed by atoms with E-state index in [0.29, 0.717) is 6.54 Å². The van der Waals surface area contributed by atoms with Gasteiger partial charge in [0, 0.05) is 6.54 Å². The van der Waals surface area contributed by atoms with Crippen LogP contribution in [0.3, 0.4) is 0 Å². The summed E-state index contributed by atoms with van der Waals surface area (Å²) in [6.45, 7) is 0.649. The van der Waals surface area contributed by atoms with Gasteiger partial charge in [-0.3, -0.25) is 4.79 Å². The van der Waals surface area contributed by atoms with E-state index in [4.69, 9.17) is 5.73 Å². The van der Waals surface area contributed by atoms with Crippen molar-refractivity contribution in [1.29, 1.82) is 0 Å². The van der Waals surface area contributed by atoms with Crippen molar-refractivity contribution in [3.05, 3.63) is 48.0 Å². The van der Waals surface area contributed by atoms with Crippen molar-refractivity contribution < 1.29 is 4.79 Å². The number of benzene rings is 2. The molecule has 0 bridgehead atoms. The van der Waals surface area contributed by atoms with E-state index < -0.39 is 5.54 Å². The summed E-state index contributed by atoms with van der Waals surface area (Å²) in [6, 6.07) is 14.7. The molecule has 0 aromatic heterocycles. The average Bonchev–Trinajstić information content (AvgIpc) is 3.18. The smallest absolute Gasteiger partial charge is 0.240 e. The Morgan fingerprint density at radius 3 is 2.55 bits per heavy atom. The van der Waals surface area contributed by atoms with Gasteiger partial charge in [0.25, 0.3) is 0 Å². The fourth-order valence-corrected chi connectivity index (χ4v) is 2.25. The van der Waals surface area contributed by atoms with Gasteiger partial charge in [-0.15, -0.1) is 12.4 Å². The fourth-order valence-electron chi connectivity index (χ4n) is 2.25. The van der Waals surface area contributed by atoms with Crippen LogP contribution in [0.15, 0.2) is 42.5 Å². The lowest BCUT2D eigenvalue weighted by Gasteiger charge is -2.10. The Balaban J connectivity index is 0.00000147. The van der Waals surface area contributed by atoms with Crippen LogP contribution < -0.4 is 11.1 Å². The number of nitrogens with one attached hydrogen (secondary N) is 1. The second-order valence-electron chi connectivity index (χ2n) is 5.34. The molecular weight excluding hydrogens is 272 g/mol. The molecule has 0 saturated heterocycles. The van der Waals surface area contributed by atoms with E-state index in [1.165, 1.54) is 16.3 Å². The predicted molar refractivity (Wildman–Crippen MR) is 84.1 cm³/mol. The lowest BCUT2D eigenvalue weighted by molar-refractivity contribution is -0.123. The van der Waals surface area contributed by atoms with Gasteiger partial charge in [-0.1, -0.05) is 42.5 Å². The number of halogens is 1. The van der Waals surface area contributed by atoms with Crippen LogP contribution in [0.2, 0.25) is 0 Å². The Hall–Kier alpha value is -1.58. The van der Waals surface area contributed by atoms with Crippen LogP contribution in [0, 0.1) is 0 Å². The third kappa shape index (κ3) is 3.11. The second kappa shape index (κ2) is 5.81. The van der Waals surface area contributed by atoms with E-state index in [-0.39, 0.29) is 18.3 Å². The highest BCUT2D eigenvalue weighted by atomic mass is 35.5. The van der Waals surface area contributed by atoms with Gasteiger partial charge in [0.15, 0.2) is 0 Å². The summed E-state index contributed by atoms with van der Waals surface area (Å²) in [5.74, 6) is -0.00621. The largest absolute Gasteiger partial charge is 0.354 e. The molecule has 0 spiro atoms. The molecule has 1 aliphatic rings. The second-order valence-corrected chi connectivity index (χ2v) is 5.34. The van der Waals surface area contributed by atoms with Gasteiger partial charge in [0.1, 0.15) is 0 Å². The number of carbonyl (C=O) groups excluding carboxylic acids is 1. The molecule has 2 aromatic carbocycles. The van der Waals surface area contributed by atoms with Gasteiger partial charge < -0.3 is 11.1 Å². The molecule has 1 saturated carbocycles. The number of nitrogens with two attached hydrogens (primary N) is 1. The van der Waals surface area contributed by atoms with Crippen molar-refractivity contribution in [3.63, 3.8) is 0 Å². The van der Waals surface area contributed by atoms with E-state index in [0.717, 1.165) is 19.3 Å². The standard InChI is InChI=1S/C16H18N2O.ClH/c17-16(8-9-16)15(19)18-10-7-12-5-6-13-3-1-2-4-14(13)11-12;/h1-6,11H,7-10,17H2,(H,18,19);1H. The summed E-state index contributed by atoms with van der Waals surface area (Å²) in [7, 11) is 0. The first-order chi connectivity index (χ1) is 9.17. The van der Waals surface area contributed by atoms with E-state index in [1.54, 1.807) is 0 Å². The number of hydrogen-bond acceptors (Lipinski definition) is 2. The SMILES string of the molecule is Cl.NC1(C(=O)NCCc2ccc3ccccc3c2)CC1. The first-order valence-electron chi connectivity index (χ1n) is 6.72. The topological polar surface area (TPSA) is 55.1 Å². The number of amides is 1. The number of fused-ring (bicyclic) bond motifs is 1. The first-order valence-corrected chi connectivity index (χ1v) is 6.72. The monoisotopic (exact) mass is 290 g/mol. The van der Waals surface area contributed by atoms with Crippen molar-refractivity contribution in [2.45, 2.75) is 24.8 Å². The molecule has 1 amide bonds. The van der Waals surface area contributed by atoms with Crippen LogP contribution in [-0.4, -0.2) is 18.0 Å². The Kier molecular flexibility index (Phi) is 4.31. The average molecular weight is 291 g/mol. The maximum atomic E-state index is 11.7. The molecule has 0 heterocycles. The summed E-state index contributed by atoms with van der Waals surface area (Å²) < 4.78 is 0. The normalized spacial score (nSPS) is 15.4. The van der Waals surface area contributed by atoms with Crippen molar-refractivity contribution in [1.82, 2.24) is 5.32 Å². The number of hydrogen-bond donors (Lipinski definition) is 2. The van der Waals surface area contributed by atoms with Crippen LogP contribution in [-0.2, 0) is 11.2 Å². The van der Waals surface area contributed by atoms with Gasteiger partial charge in [-0.2, -0.15) is 0 Å². The number of carbonyl (C=O) groups is 1. The minimum absolute atomic E-state index is 0. The zero-order chi connectivity index (χ0) is 13.3. The lowest BCUT2D eigenvalue weighted by atomic mass is 10.1. The molecule has 106 valence electrons. The molecule has 1 fully saturated rings. The lowest BCUT2D eigenvalue weighted by Crippen LogP contribution is -2.43. The summed E-state index contributed by atoms with van der Waals surface area (Å²) in [4.78, 5) is 11.7. The van der Waals surface area contributed by atoms with Crippen molar-refractivity contribution in [2.75, 3.05) is 6.54 Å². The highest BCUT2D eigenvalue weighted by Gasteiger charge is 2.45. The van der Waals surface area contributed by atoms with Crippen LogP contribution in [0.5, 0.6) is 0 Å². The minimum Gasteiger partial charge on any atom is -0.354 e. The maximum Gasteiger partial charge on any atom is 0.240 e. The van der Waals surface area contributed by atoms with Crippen molar-refractivity contribution in [3.8, 4) is 0 Å². The molecule has 3 N–H and O–H groups in total. The Morgan fingerprint density at radius 2 is 1.85 bits per heavy atom.